The van der Waals surface area contributed by atoms with Gasteiger partial charge < -0.3 is 0 Å². The Balaban J connectivity index is 1.44. The lowest BCUT2D eigenvalue weighted by Crippen LogP contribution is -2.29. The lowest BCUT2D eigenvalue weighted by Gasteiger charge is -2.26. The lowest BCUT2D eigenvalue weighted by atomic mass is 10.1. The van der Waals surface area contributed by atoms with Crippen LogP contribution in [0.1, 0.15) is 30.4 Å². The van der Waals surface area contributed by atoms with Crippen molar-refractivity contribution in [3.63, 3.8) is 0 Å². The van der Waals surface area contributed by atoms with Crippen LogP contribution in [0.5, 0.6) is 0 Å². The number of piperidine rings is 1. The van der Waals surface area contributed by atoms with Gasteiger partial charge in [-0.15, -0.1) is 0 Å². The molecule has 1 saturated heterocycles. The highest BCUT2D eigenvalue weighted by Crippen LogP contribution is 2.18. The van der Waals surface area contributed by atoms with Crippen LogP contribution in [-0.4, -0.2) is 18.0 Å². The highest BCUT2D eigenvalue weighted by atomic mass is 32.2. The summed E-state index contributed by atoms with van der Waals surface area (Å²) in [4.78, 5) is 3.84. The predicted molar refractivity (Wildman–Crippen MR) is 94.7 cm³/mol. The summed E-state index contributed by atoms with van der Waals surface area (Å²) < 4.78 is 3.43. The first-order valence-electron chi connectivity index (χ1n) is 8.15. The van der Waals surface area contributed by atoms with Gasteiger partial charge in [-0.1, -0.05) is 48.9 Å². The fourth-order valence-corrected chi connectivity index (χ4v) is 3.51. The van der Waals surface area contributed by atoms with Gasteiger partial charge in [-0.2, -0.15) is 0 Å². The summed E-state index contributed by atoms with van der Waals surface area (Å²) >= 11 is 1.71. The monoisotopic (exact) mass is 312 g/mol. The maximum absolute atomic E-state index is 3.43. The third-order valence-electron chi connectivity index (χ3n) is 4.09. The number of hydrogen-bond acceptors (Lipinski definition) is 3. The molecule has 0 amide bonds. The van der Waals surface area contributed by atoms with E-state index in [1.165, 1.54) is 48.4 Å². The van der Waals surface area contributed by atoms with Crippen molar-refractivity contribution < 1.29 is 0 Å². The molecule has 1 aliphatic heterocycles. The average molecular weight is 312 g/mol. The van der Waals surface area contributed by atoms with Crippen LogP contribution < -0.4 is 4.72 Å². The second-order valence-electron chi connectivity index (χ2n) is 5.89. The molecule has 2 aromatic carbocycles. The van der Waals surface area contributed by atoms with Crippen molar-refractivity contribution in [1.82, 2.24) is 9.62 Å². The normalized spacial score (nSPS) is 15.8. The van der Waals surface area contributed by atoms with Crippen LogP contribution >= 0.6 is 11.9 Å². The van der Waals surface area contributed by atoms with E-state index >= 15 is 0 Å². The highest BCUT2D eigenvalue weighted by Gasteiger charge is 2.10. The first-order valence-corrected chi connectivity index (χ1v) is 8.97. The van der Waals surface area contributed by atoms with Crippen LogP contribution in [0, 0.1) is 0 Å². The van der Waals surface area contributed by atoms with E-state index in [9.17, 15) is 0 Å². The minimum absolute atomic E-state index is 0.890. The molecule has 3 rings (SSSR count). The van der Waals surface area contributed by atoms with Crippen molar-refractivity contribution in [2.24, 2.45) is 0 Å². The standard InChI is InChI=1S/C19H24N2S/c1-3-7-17(8-4-1)15-20-22-19-11-9-18(10-12-19)16-21-13-5-2-6-14-21/h1,3-4,7-12,20H,2,5-6,13-16H2. The fourth-order valence-electron chi connectivity index (χ4n) is 2.84. The third kappa shape index (κ3) is 4.87. The van der Waals surface area contributed by atoms with Gasteiger partial charge in [0.15, 0.2) is 0 Å². The first kappa shape index (κ1) is 15.6. The van der Waals surface area contributed by atoms with Crippen molar-refractivity contribution in [3.05, 3.63) is 65.7 Å². The summed E-state index contributed by atoms with van der Waals surface area (Å²) in [5.41, 5.74) is 2.74. The Labute approximate surface area is 138 Å². The third-order valence-corrected chi connectivity index (χ3v) is 4.88. The second-order valence-corrected chi connectivity index (χ2v) is 6.85. The molecule has 0 saturated carbocycles. The Morgan fingerprint density at radius 2 is 1.55 bits per heavy atom. The Bertz CT molecular complexity index is 547. The topological polar surface area (TPSA) is 15.3 Å². The second kappa shape index (κ2) is 8.37. The van der Waals surface area contributed by atoms with Crippen LogP contribution in [0.15, 0.2) is 59.5 Å². The van der Waals surface area contributed by atoms with E-state index in [0.29, 0.717) is 0 Å². The maximum atomic E-state index is 3.43. The zero-order chi connectivity index (χ0) is 15.0. The van der Waals surface area contributed by atoms with Gasteiger partial charge >= 0.3 is 0 Å². The average Bonchev–Trinajstić information content (AvgIpc) is 2.58. The van der Waals surface area contributed by atoms with E-state index in [1.54, 1.807) is 11.9 Å². The molecule has 0 unspecified atom stereocenters. The van der Waals surface area contributed by atoms with E-state index in [2.05, 4.69) is 64.2 Å². The Morgan fingerprint density at radius 3 is 2.27 bits per heavy atom. The molecule has 0 spiro atoms. The van der Waals surface area contributed by atoms with Crippen molar-refractivity contribution in [2.45, 2.75) is 37.2 Å². The summed E-state index contributed by atoms with van der Waals surface area (Å²) in [6.45, 7) is 4.51. The zero-order valence-electron chi connectivity index (χ0n) is 13.0. The van der Waals surface area contributed by atoms with Crippen molar-refractivity contribution >= 4 is 11.9 Å². The summed E-state index contributed by atoms with van der Waals surface area (Å²) in [5, 5.41) is 0. The minimum Gasteiger partial charge on any atom is -0.299 e. The maximum Gasteiger partial charge on any atom is 0.0313 e. The lowest BCUT2D eigenvalue weighted by molar-refractivity contribution is 0.221. The Kier molecular flexibility index (Phi) is 5.94. The van der Waals surface area contributed by atoms with Gasteiger partial charge in [0.25, 0.3) is 0 Å². The molecule has 0 aromatic heterocycles. The predicted octanol–water partition coefficient (Wildman–Crippen LogP) is 4.47. The molecule has 0 aliphatic carbocycles. The number of nitrogens with zero attached hydrogens (tertiary/aromatic N) is 1. The van der Waals surface area contributed by atoms with Gasteiger partial charge in [-0.05, 0) is 61.1 Å². The van der Waals surface area contributed by atoms with Gasteiger partial charge in [-0.3, -0.25) is 9.62 Å². The van der Waals surface area contributed by atoms with Crippen LogP contribution in [0.25, 0.3) is 0 Å². The van der Waals surface area contributed by atoms with Crippen LogP contribution in [0.2, 0.25) is 0 Å². The smallest absolute Gasteiger partial charge is 0.0313 e. The van der Waals surface area contributed by atoms with Crippen molar-refractivity contribution in [2.75, 3.05) is 13.1 Å². The van der Waals surface area contributed by atoms with Crippen LogP contribution in [0.4, 0.5) is 0 Å². The van der Waals surface area contributed by atoms with Gasteiger partial charge in [0.05, 0.1) is 0 Å². The largest absolute Gasteiger partial charge is 0.299 e. The Hall–Kier alpha value is -1.29. The molecular weight excluding hydrogens is 288 g/mol. The molecule has 22 heavy (non-hydrogen) atoms. The number of rotatable bonds is 6. The number of benzene rings is 2. The molecule has 1 heterocycles. The van der Waals surface area contributed by atoms with Crippen LogP contribution in [0.3, 0.4) is 0 Å². The molecule has 2 nitrogen and oxygen atoms in total. The SMILES string of the molecule is c1ccc(CNSc2ccc(CN3CCCCC3)cc2)cc1. The number of likely N-dealkylation sites (tertiary alicyclic amines) is 1. The molecule has 2 aromatic rings. The van der Waals surface area contributed by atoms with E-state index < -0.39 is 0 Å². The molecule has 1 fully saturated rings. The summed E-state index contributed by atoms with van der Waals surface area (Å²) in [5.74, 6) is 0. The summed E-state index contributed by atoms with van der Waals surface area (Å²) in [6.07, 6.45) is 4.12. The van der Waals surface area contributed by atoms with Crippen LogP contribution in [-0.2, 0) is 13.1 Å². The van der Waals surface area contributed by atoms with Crippen molar-refractivity contribution in [1.29, 1.82) is 0 Å². The first-order chi connectivity index (χ1) is 10.9. The number of nitrogens with one attached hydrogen (secondary N) is 1. The summed E-state index contributed by atoms with van der Waals surface area (Å²) in [6, 6.07) is 19.5. The molecule has 1 N–H and O–H groups in total. The zero-order valence-corrected chi connectivity index (χ0v) is 13.8. The van der Waals surface area contributed by atoms with E-state index in [0.717, 1.165) is 13.1 Å². The molecule has 3 heteroatoms. The fraction of sp³-hybridized carbons (Fsp3) is 0.368. The quantitative estimate of drug-likeness (QED) is 0.792. The molecule has 0 bridgehead atoms. The molecular formula is C19H24N2S. The van der Waals surface area contributed by atoms with Gasteiger partial charge in [-0.25, -0.2) is 0 Å². The number of hydrogen-bond donors (Lipinski definition) is 1. The van der Waals surface area contributed by atoms with Crippen molar-refractivity contribution in [3.8, 4) is 0 Å². The summed E-state index contributed by atoms with van der Waals surface area (Å²) in [7, 11) is 0. The highest BCUT2D eigenvalue weighted by molar-refractivity contribution is 7.97. The molecule has 116 valence electrons. The van der Waals surface area contributed by atoms with E-state index in [4.69, 9.17) is 0 Å². The Morgan fingerprint density at radius 1 is 0.818 bits per heavy atom. The van der Waals surface area contributed by atoms with Gasteiger partial charge in [0.2, 0.25) is 0 Å². The van der Waals surface area contributed by atoms with E-state index in [1.807, 2.05) is 0 Å². The minimum atomic E-state index is 0.890. The van der Waals surface area contributed by atoms with Gasteiger partial charge in [0, 0.05) is 18.0 Å². The molecule has 0 atom stereocenters. The molecule has 1 aliphatic rings. The molecule has 0 radical (unpaired) electrons. The van der Waals surface area contributed by atoms with Gasteiger partial charge in [0.1, 0.15) is 0 Å². The van der Waals surface area contributed by atoms with E-state index in [-0.39, 0.29) is 0 Å².